The van der Waals surface area contributed by atoms with Gasteiger partial charge in [0.05, 0.1) is 7.11 Å². The van der Waals surface area contributed by atoms with Gasteiger partial charge in [-0.05, 0) is 31.0 Å². The number of hydrogen-bond acceptors (Lipinski definition) is 3. The molecule has 0 aliphatic heterocycles. The monoisotopic (exact) mass is 237 g/mol. The van der Waals surface area contributed by atoms with Crippen LogP contribution in [0.3, 0.4) is 0 Å². The van der Waals surface area contributed by atoms with E-state index >= 15 is 0 Å². The fraction of sp³-hybridized carbons (Fsp3) is 0.571. The molecule has 1 aromatic rings. The second kappa shape index (κ2) is 7.96. The topological polar surface area (TPSA) is 30.5 Å². The van der Waals surface area contributed by atoms with E-state index in [1.807, 2.05) is 24.3 Å². The first-order chi connectivity index (χ1) is 8.22. The molecule has 1 aromatic carbocycles. The van der Waals surface area contributed by atoms with Crippen molar-refractivity contribution in [3.05, 3.63) is 24.3 Å². The minimum Gasteiger partial charge on any atom is -0.497 e. The third-order valence-corrected chi connectivity index (χ3v) is 2.49. The molecule has 96 valence electrons. The number of rotatable bonds is 8. The summed E-state index contributed by atoms with van der Waals surface area (Å²) < 4.78 is 10.7. The highest BCUT2D eigenvalue weighted by atomic mass is 16.5. The summed E-state index contributed by atoms with van der Waals surface area (Å²) in [5, 5.41) is 3.36. The standard InChI is InChI=1S/C14H23NO2/c1-12(2)7-8-15-9-10-17-14-6-4-5-13(11-14)16-3/h4-6,11-12,15H,7-10H2,1-3H3. The fourth-order valence-electron chi connectivity index (χ4n) is 1.45. The van der Waals surface area contributed by atoms with E-state index in [-0.39, 0.29) is 0 Å². The number of methoxy groups -OCH3 is 1. The Bertz CT molecular complexity index is 313. The number of ether oxygens (including phenoxy) is 2. The van der Waals surface area contributed by atoms with Crippen LogP contribution in [0.4, 0.5) is 0 Å². The van der Waals surface area contributed by atoms with E-state index in [0.29, 0.717) is 6.61 Å². The van der Waals surface area contributed by atoms with E-state index in [2.05, 4.69) is 19.2 Å². The molecule has 0 aliphatic rings. The van der Waals surface area contributed by atoms with E-state index in [4.69, 9.17) is 9.47 Å². The average molecular weight is 237 g/mol. The summed E-state index contributed by atoms with van der Waals surface area (Å²) >= 11 is 0. The molecule has 0 unspecified atom stereocenters. The van der Waals surface area contributed by atoms with Crippen molar-refractivity contribution in [3.63, 3.8) is 0 Å². The van der Waals surface area contributed by atoms with Gasteiger partial charge in [-0.25, -0.2) is 0 Å². The van der Waals surface area contributed by atoms with Gasteiger partial charge >= 0.3 is 0 Å². The Morgan fingerprint density at radius 2 is 1.94 bits per heavy atom. The second-order valence-electron chi connectivity index (χ2n) is 4.46. The van der Waals surface area contributed by atoms with E-state index in [0.717, 1.165) is 30.5 Å². The molecule has 0 saturated heterocycles. The van der Waals surface area contributed by atoms with Gasteiger partial charge in [-0.2, -0.15) is 0 Å². The van der Waals surface area contributed by atoms with Crippen LogP contribution >= 0.6 is 0 Å². The summed E-state index contributed by atoms with van der Waals surface area (Å²) in [5.74, 6) is 2.44. The molecule has 0 aromatic heterocycles. The van der Waals surface area contributed by atoms with Crippen molar-refractivity contribution in [2.45, 2.75) is 20.3 Å². The first kappa shape index (κ1) is 13.8. The summed E-state index contributed by atoms with van der Waals surface area (Å²) in [6.45, 7) is 7.08. The zero-order valence-corrected chi connectivity index (χ0v) is 11.0. The quantitative estimate of drug-likeness (QED) is 0.705. The van der Waals surface area contributed by atoms with Crippen molar-refractivity contribution in [1.29, 1.82) is 0 Å². The normalized spacial score (nSPS) is 10.6. The Hall–Kier alpha value is -1.22. The third kappa shape index (κ3) is 6.17. The molecule has 0 fully saturated rings. The van der Waals surface area contributed by atoms with Gasteiger partial charge in [0.15, 0.2) is 0 Å². The SMILES string of the molecule is COc1cccc(OCCNCCC(C)C)c1. The molecule has 17 heavy (non-hydrogen) atoms. The van der Waals surface area contributed by atoms with Gasteiger partial charge in [0.2, 0.25) is 0 Å². The van der Waals surface area contributed by atoms with Crippen molar-refractivity contribution in [2.24, 2.45) is 5.92 Å². The molecule has 1 rings (SSSR count). The molecule has 0 bridgehead atoms. The van der Waals surface area contributed by atoms with Crippen LogP contribution in [0.25, 0.3) is 0 Å². The van der Waals surface area contributed by atoms with Crippen LogP contribution < -0.4 is 14.8 Å². The molecule has 3 heteroatoms. The maximum Gasteiger partial charge on any atom is 0.123 e. The summed E-state index contributed by atoms with van der Waals surface area (Å²) in [5.41, 5.74) is 0. The fourth-order valence-corrected chi connectivity index (χ4v) is 1.45. The highest BCUT2D eigenvalue weighted by molar-refractivity contribution is 5.32. The van der Waals surface area contributed by atoms with Crippen LogP contribution in [0.2, 0.25) is 0 Å². The van der Waals surface area contributed by atoms with Crippen molar-refractivity contribution in [1.82, 2.24) is 5.32 Å². The molecule has 1 N–H and O–H groups in total. The third-order valence-electron chi connectivity index (χ3n) is 2.49. The van der Waals surface area contributed by atoms with Crippen molar-refractivity contribution in [2.75, 3.05) is 26.8 Å². The average Bonchev–Trinajstić information content (AvgIpc) is 2.33. The van der Waals surface area contributed by atoms with Crippen LogP contribution in [0, 0.1) is 5.92 Å². The van der Waals surface area contributed by atoms with E-state index in [1.165, 1.54) is 6.42 Å². The summed E-state index contributed by atoms with van der Waals surface area (Å²) in [4.78, 5) is 0. The van der Waals surface area contributed by atoms with Crippen LogP contribution in [-0.2, 0) is 0 Å². The zero-order valence-electron chi connectivity index (χ0n) is 11.0. The Balaban J connectivity index is 2.13. The molecule has 3 nitrogen and oxygen atoms in total. The van der Waals surface area contributed by atoms with E-state index in [1.54, 1.807) is 7.11 Å². The lowest BCUT2D eigenvalue weighted by Crippen LogP contribution is -2.23. The van der Waals surface area contributed by atoms with Crippen LogP contribution in [0.15, 0.2) is 24.3 Å². The number of hydrogen-bond donors (Lipinski definition) is 1. The van der Waals surface area contributed by atoms with Crippen LogP contribution in [0.1, 0.15) is 20.3 Å². The predicted molar refractivity (Wildman–Crippen MR) is 70.8 cm³/mol. The number of benzene rings is 1. The zero-order chi connectivity index (χ0) is 12.5. The Kier molecular flexibility index (Phi) is 6.48. The van der Waals surface area contributed by atoms with Gasteiger partial charge in [0.25, 0.3) is 0 Å². The first-order valence-electron chi connectivity index (χ1n) is 6.20. The molecule has 0 spiro atoms. The second-order valence-corrected chi connectivity index (χ2v) is 4.46. The van der Waals surface area contributed by atoms with Gasteiger partial charge in [0.1, 0.15) is 18.1 Å². The van der Waals surface area contributed by atoms with Crippen molar-refractivity contribution >= 4 is 0 Å². The molecule has 0 heterocycles. The molecule has 0 atom stereocenters. The van der Waals surface area contributed by atoms with Crippen molar-refractivity contribution < 1.29 is 9.47 Å². The smallest absolute Gasteiger partial charge is 0.123 e. The molecule has 0 aliphatic carbocycles. The first-order valence-corrected chi connectivity index (χ1v) is 6.20. The van der Waals surface area contributed by atoms with Gasteiger partial charge in [-0.15, -0.1) is 0 Å². The largest absolute Gasteiger partial charge is 0.497 e. The maximum atomic E-state index is 5.61. The summed E-state index contributed by atoms with van der Waals surface area (Å²) in [7, 11) is 1.66. The number of nitrogens with one attached hydrogen (secondary N) is 1. The highest BCUT2D eigenvalue weighted by Gasteiger charge is 1.97. The minimum atomic E-state index is 0.686. The Morgan fingerprint density at radius 3 is 2.65 bits per heavy atom. The highest BCUT2D eigenvalue weighted by Crippen LogP contribution is 2.18. The molecule has 0 saturated carbocycles. The maximum absolute atomic E-state index is 5.61. The summed E-state index contributed by atoms with van der Waals surface area (Å²) in [6, 6.07) is 7.68. The predicted octanol–water partition coefficient (Wildman–Crippen LogP) is 2.71. The van der Waals surface area contributed by atoms with Gasteiger partial charge in [-0.1, -0.05) is 19.9 Å². The lowest BCUT2D eigenvalue weighted by atomic mass is 10.1. The molecular formula is C14H23NO2. The Labute approximate surface area is 104 Å². The van der Waals surface area contributed by atoms with E-state index in [9.17, 15) is 0 Å². The van der Waals surface area contributed by atoms with Gasteiger partial charge < -0.3 is 14.8 Å². The summed E-state index contributed by atoms with van der Waals surface area (Å²) in [6.07, 6.45) is 1.21. The van der Waals surface area contributed by atoms with Gasteiger partial charge in [0, 0.05) is 12.6 Å². The molecular weight excluding hydrogens is 214 g/mol. The van der Waals surface area contributed by atoms with E-state index < -0.39 is 0 Å². The van der Waals surface area contributed by atoms with Gasteiger partial charge in [-0.3, -0.25) is 0 Å². The van der Waals surface area contributed by atoms with Crippen molar-refractivity contribution in [3.8, 4) is 11.5 Å². The lowest BCUT2D eigenvalue weighted by molar-refractivity contribution is 0.310. The van der Waals surface area contributed by atoms with Crippen LogP contribution in [-0.4, -0.2) is 26.8 Å². The lowest BCUT2D eigenvalue weighted by Gasteiger charge is -2.09. The van der Waals surface area contributed by atoms with Crippen LogP contribution in [0.5, 0.6) is 11.5 Å². The molecule has 0 amide bonds. The Morgan fingerprint density at radius 1 is 1.18 bits per heavy atom. The minimum absolute atomic E-state index is 0.686. The molecule has 0 radical (unpaired) electrons.